The second kappa shape index (κ2) is 9.76. The first-order chi connectivity index (χ1) is 9.96. The zero-order valence-corrected chi connectivity index (χ0v) is 17.9. The van der Waals surface area contributed by atoms with E-state index in [-0.39, 0.29) is 5.54 Å². The van der Waals surface area contributed by atoms with Crippen molar-refractivity contribution in [3.8, 4) is 0 Å². The van der Waals surface area contributed by atoms with Crippen LogP contribution in [0.2, 0.25) is 5.15 Å². The van der Waals surface area contributed by atoms with Gasteiger partial charge in [-0.3, -0.25) is 4.68 Å². The van der Waals surface area contributed by atoms with E-state index >= 15 is 0 Å². The van der Waals surface area contributed by atoms with Crippen molar-refractivity contribution in [3.05, 3.63) is 13.3 Å². The summed E-state index contributed by atoms with van der Waals surface area (Å²) in [4.78, 5) is 0. The standard InChI is InChI=1S/C16H27BrClIN2/c1-4-6-8-9-10-12-16(3,11-7-5-2)21-15(19)13(17)14(18)20-21/h4-12H2,1-3H3. The maximum absolute atomic E-state index is 6.19. The highest BCUT2D eigenvalue weighted by Crippen LogP contribution is 2.36. The summed E-state index contributed by atoms with van der Waals surface area (Å²) >= 11 is 12.1. The van der Waals surface area contributed by atoms with E-state index in [1.54, 1.807) is 0 Å². The average Bonchev–Trinajstić information content (AvgIpc) is 2.73. The fourth-order valence-electron chi connectivity index (χ4n) is 2.72. The van der Waals surface area contributed by atoms with Gasteiger partial charge >= 0.3 is 0 Å². The number of nitrogens with zero attached hydrogens (tertiary/aromatic N) is 2. The summed E-state index contributed by atoms with van der Waals surface area (Å²) in [5.74, 6) is 0. The highest BCUT2D eigenvalue weighted by atomic mass is 127. The Hall–Kier alpha value is 0.710. The minimum atomic E-state index is 0.0778. The summed E-state index contributed by atoms with van der Waals surface area (Å²) in [7, 11) is 0. The molecule has 1 aromatic rings. The molecule has 0 aromatic carbocycles. The van der Waals surface area contributed by atoms with Crippen LogP contribution >= 0.6 is 50.1 Å². The van der Waals surface area contributed by atoms with Crippen molar-refractivity contribution in [2.75, 3.05) is 0 Å². The van der Waals surface area contributed by atoms with Crippen LogP contribution in [0.5, 0.6) is 0 Å². The lowest BCUT2D eigenvalue weighted by atomic mass is 9.89. The van der Waals surface area contributed by atoms with Crippen LogP contribution in [0.25, 0.3) is 0 Å². The number of hydrogen-bond acceptors (Lipinski definition) is 1. The average molecular weight is 490 g/mol. The van der Waals surface area contributed by atoms with E-state index in [0.29, 0.717) is 5.15 Å². The molecule has 0 N–H and O–H groups in total. The van der Waals surface area contributed by atoms with Crippen molar-refractivity contribution in [3.63, 3.8) is 0 Å². The summed E-state index contributed by atoms with van der Waals surface area (Å²) in [6, 6.07) is 0. The van der Waals surface area contributed by atoms with E-state index in [4.69, 9.17) is 11.6 Å². The SMILES string of the molecule is CCCCCCCC(C)(CCCC)n1nc(Cl)c(Br)c1I. The normalized spacial score (nSPS) is 14.4. The monoisotopic (exact) mass is 488 g/mol. The van der Waals surface area contributed by atoms with Crippen LogP contribution in [-0.2, 0) is 5.54 Å². The van der Waals surface area contributed by atoms with Crippen LogP contribution in [-0.4, -0.2) is 9.78 Å². The van der Waals surface area contributed by atoms with E-state index in [2.05, 4.69) is 69.1 Å². The van der Waals surface area contributed by atoms with Crippen LogP contribution in [0.1, 0.15) is 78.6 Å². The first-order valence-electron chi connectivity index (χ1n) is 8.06. The summed E-state index contributed by atoms with van der Waals surface area (Å²) < 4.78 is 4.19. The van der Waals surface area contributed by atoms with E-state index in [0.717, 1.165) is 14.6 Å². The Morgan fingerprint density at radius 3 is 2.19 bits per heavy atom. The molecule has 0 fully saturated rings. The molecule has 1 unspecified atom stereocenters. The maximum atomic E-state index is 6.19. The summed E-state index contributed by atoms with van der Waals surface area (Å²) in [6.07, 6.45) is 11.4. The number of unbranched alkanes of at least 4 members (excludes halogenated alkanes) is 5. The molecule has 0 saturated heterocycles. The second-order valence-corrected chi connectivity index (χ2v) is 8.24. The fraction of sp³-hybridized carbons (Fsp3) is 0.812. The molecule has 21 heavy (non-hydrogen) atoms. The lowest BCUT2D eigenvalue weighted by Crippen LogP contribution is -2.32. The van der Waals surface area contributed by atoms with Gasteiger partial charge in [-0.1, -0.05) is 70.4 Å². The van der Waals surface area contributed by atoms with Gasteiger partial charge in [0.1, 0.15) is 3.70 Å². The zero-order valence-electron chi connectivity index (χ0n) is 13.4. The number of hydrogen-bond donors (Lipinski definition) is 0. The molecule has 0 aliphatic rings. The summed E-state index contributed by atoms with van der Waals surface area (Å²) in [6.45, 7) is 6.84. The summed E-state index contributed by atoms with van der Waals surface area (Å²) in [5.41, 5.74) is 0.0778. The molecule has 0 radical (unpaired) electrons. The van der Waals surface area contributed by atoms with Crippen LogP contribution < -0.4 is 0 Å². The third kappa shape index (κ3) is 5.69. The molecular formula is C16H27BrClIN2. The van der Waals surface area contributed by atoms with E-state index < -0.39 is 0 Å². The van der Waals surface area contributed by atoms with Gasteiger partial charge in [0.2, 0.25) is 0 Å². The largest absolute Gasteiger partial charge is 0.251 e. The molecule has 0 aliphatic heterocycles. The van der Waals surface area contributed by atoms with Crippen molar-refractivity contribution in [2.45, 2.75) is 84.1 Å². The van der Waals surface area contributed by atoms with Gasteiger partial charge < -0.3 is 0 Å². The first-order valence-corrected chi connectivity index (χ1v) is 10.3. The molecule has 0 amide bonds. The molecule has 0 spiro atoms. The Kier molecular flexibility index (Phi) is 9.18. The van der Waals surface area contributed by atoms with Gasteiger partial charge in [-0.2, -0.15) is 5.10 Å². The smallest absolute Gasteiger partial charge is 0.166 e. The molecule has 1 rings (SSSR count). The van der Waals surface area contributed by atoms with Crippen LogP contribution in [0.4, 0.5) is 0 Å². The van der Waals surface area contributed by atoms with Crippen molar-refractivity contribution < 1.29 is 0 Å². The fourth-order valence-corrected chi connectivity index (χ4v) is 4.23. The second-order valence-electron chi connectivity index (χ2n) is 6.07. The maximum Gasteiger partial charge on any atom is 0.166 e. The Morgan fingerprint density at radius 2 is 1.67 bits per heavy atom. The van der Waals surface area contributed by atoms with Crippen LogP contribution in [0.3, 0.4) is 0 Å². The van der Waals surface area contributed by atoms with Crippen molar-refractivity contribution in [1.82, 2.24) is 9.78 Å². The molecule has 1 atom stereocenters. The Balaban J connectivity index is 2.79. The van der Waals surface area contributed by atoms with Gasteiger partial charge in [0.25, 0.3) is 0 Å². The Labute approximate surface area is 156 Å². The van der Waals surface area contributed by atoms with E-state index in [1.165, 1.54) is 51.4 Å². The van der Waals surface area contributed by atoms with Gasteiger partial charge in [-0.15, -0.1) is 0 Å². The molecule has 2 nitrogen and oxygen atoms in total. The van der Waals surface area contributed by atoms with E-state index in [1.807, 2.05) is 0 Å². The van der Waals surface area contributed by atoms with Crippen molar-refractivity contribution >= 4 is 50.1 Å². The van der Waals surface area contributed by atoms with Crippen molar-refractivity contribution in [1.29, 1.82) is 0 Å². The topological polar surface area (TPSA) is 17.8 Å². The summed E-state index contributed by atoms with van der Waals surface area (Å²) in [5, 5.41) is 5.15. The first kappa shape index (κ1) is 19.8. The van der Waals surface area contributed by atoms with Crippen LogP contribution in [0, 0.1) is 3.70 Å². The minimum absolute atomic E-state index is 0.0778. The van der Waals surface area contributed by atoms with Crippen LogP contribution in [0.15, 0.2) is 4.47 Å². The number of halogens is 3. The Bertz CT molecular complexity index is 436. The minimum Gasteiger partial charge on any atom is -0.251 e. The van der Waals surface area contributed by atoms with Gasteiger partial charge in [-0.05, 0) is 58.3 Å². The molecule has 1 heterocycles. The lowest BCUT2D eigenvalue weighted by molar-refractivity contribution is 0.224. The third-order valence-electron chi connectivity index (χ3n) is 4.14. The highest BCUT2D eigenvalue weighted by Gasteiger charge is 2.30. The van der Waals surface area contributed by atoms with Gasteiger partial charge in [0.05, 0.1) is 10.0 Å². The van der Waals surface area contributed by atoms with Gasteiger partial charge in [0.15, 0.2) is 5.15 Å². The molecule has 0 saturated carbocycles. The molecule has 5 heteroatoms. The van der Waals surface area contributed by atoms with Crippen molar-refractivity contribution in [2.24, 2.45) is 0 Å². The van der Waals surface area contributed by atoms with Gasteiger partial charge in [0, 0.05) is 0 Å². The van der Waals surface area contributed by atoms with Gasteiger partial charge in [-0.25, -0.2) is 0 Å². The lowest BCUT2D eigenvalue weighted by Gasteiger charge is -2.31. The molecule has 0 bridgehead atoms. The predicted molar refractivity (Wildman–Crippen MR) is 104 cm³/mol. The highest BCUT2D eigenvalue weighted by molar-refractivity contribution is 14.1. The van der Waals surface area contributed by atoms with E-state index in [9.17, 15) is 0 Å². The molecular weight excluding hydrogens is 462 g/mol. The molecule has 0 aliphatic carbocycles. The predicted octanol–water partition coefficient (Wildman–Crippen LogP) is 7.17. The number of aromatic nitrogens is 2. The Morgan fingerprint density at radius 1 is 1.10 bits per heavy atom. The molecule has 122 valence electrons. The quantitative estimate of drug-likeness (QED) is 0.252. The number of rotatable bonds is 10. The zero-order chi connectivity index (χ0) is 15.9. The third-order valence-corrected chi connectivity index (χ3v) is 7.12. The molecule has 1 aromatic heterocycles.